The topological polar surface area (TPSA) is 43.3 Å². The average molecular weight is 290 g/mol. The number of nitrogens with one attached hydrogen (secondary N) is 1. The predicted octanol–water partition coefficient (Wildman–Crippen LogP) is 2.55. The third-order valence-electron chi connectivity index (χ3n) is 3.31. The van der Waals surface area contributed by atoms with Gasteiger partial charge in [-0.1, -0.05) is 6.07 Å². The molecule has 0 aliphatic rings. The van der Waals surface area contributed by atoms with Crippen LogP contribution in [0.5, 0.6) is 0 Å². The highest BCUT2D eigenvalue weighted by atomic mass is 19.1. The molecule has 0 radical (unpaired) electrons. The van der Waals surface area contributed by atoms with Gasteiger partial charge in [-0.3, -0.25) is 4.79 Å². The Bertz CT molecular complexity index is 668. The number of pyridine rings is 1. The SMILES string of the molecule is COCCn1cc(NCc2ccc(F)cc2C)ccc1=O. The lowest BCUT2D eigenvalue weighted by Gasteiger charge is -2.11. The van der Waals surface area contributed by atoms with E-state index >= 15 is 0 Å². The number of methoxy groups -OCH3 is 1. The maximum Gasteiger partial charge on any atom is 0.250 e. The molecule has 0 amide bonds. The molecule has 1 aromatic heterocycles. The summed E-state index contributed by atoms with van der Waals surface area (Å²) in [5.41, 5.74) is 2.70. The molecule has 21 heavy (non-hydrogen) atoms. The summed E-state index contributed by atoms with van der Waals surface area (Å²) in [5, 5.41) is 3.24. The summed E-state index contributed by atoms with van der Waals surface area (Å²) in [6.45, 7) is 3.45. The van der Waals surface area contributed by atoms with Crippen LogP contribution in [0.4, 0.5) is 10.1 Å². The zero-order valence-electron chi connectivity index (χ0n) is 12.2. The van der Waals surface area contributed by atoms with Crippen molar-refractivity contribution in [3.05, 3.63) is 63.8 Å². The Labute approximate surface area is 123 Å². The zero-order valence-corrected chi connectivity index (χ0v) is 12.2. The number of hydrogen-bond acceptors (Lipinski definition) is 3. The molecule has 0 fully saturated rings. The van der Waals surface area contributed by atoms with Crippen LogP contribution in [0, 0.1) is 12.7 Å². The fourth-order valence-corrected chi connectivity index (χ4v) is 2.06. The van der Waals surface area contributed by atoms with Gasteiger partial charge in [-0.15, -0.1) is 0 Å². The highest BCUT2D eigenvalue weighted by Gasteiger charge is 2.02. The molecule has 1 heterocycles. The maximum absolute atomic E-state index is 13.1. The van der Waals surface area contributed by atoms with Gasteiger partial charge in [0.25, 0.3) is 5.56 Å². The van der Waals surface area contributed by atoms with Crippen LogP contribution < -0.4 is 10.9 Å². The van der Waals surface area contributed by atoms with Gasteiger partial charge in [0.2, 0.25) is 0 Å². The van der Waals surface area contributed by atoms with Crippen LogP contribution in [0.15, 0.2) is 41.3 Å². The van der Waals surface area contributed by atoms with Crippen LogP contribution >= 0.6 is 0 Å². The largest absolute Gasteiger partial charge is 0.383 e. The smallest absolute Gasteiger partial charge is 0.250 e. The minimum atomic E-state index is -0.232. The number of hydrogen-bond donors (Lipinski definition) is 1. The molecule has 0 atom stereocenters. The molecule has 0 aliphatic heterocycles. The van der Waals surface area contributed by atoms with Gasteiger partial charge in [0.15, 0.2) is 0 Å². The van der Waals surface area contributed by atoms with E-state index in [1.54, 1.807) is 30.0 Å². The number of halogens is 1. The molecule has 2 rings (SSSR count). The normalized spacial score (nSPS) is 10.6. The van der Waals surface area contributed by atoms with Crippen molar-refractivity contribution >= 4 is 5.69 Å². The molecule has 5 heteroatoms. The quantitative estimate of drug-likeness (QED) is 0.889. The Morgan fingerprint density at radius 3 is 2.81 bits per heavy atom. The molecule has 2 aromatic rings. The van der Waals surface area contributed by atoms with E-state index in [1.807, 2.05) is 6.92 Å². The van der Waals surface area contributed by atoms with E-state index in [0.717, 1.165) is 16.8 Å². The number of anilines is 1. The second-order valence-corrected chi connectivity index (χ2v) is 4.87. The molecule has 1 aromatic carbocycles. The predicted molar refractivity (Wildman–Crippen MR) is 81.0 cm³/mol. The summed E-state index contributed by atoms with van der Waals surface area (Å²) in [5.74, 6) is -0.232. The van der Waals surface area contributed by atoms with Gasteiger partial charge in [0.1, 0.15) is 5.82 Å². The van der Waals surface area contributed by atoms with Gasteiger partial charge < -0.3 is 14.6 Å². The first kappa shape index (κ1) is 15.3. The summed E-state index contributed by atoms with van der Waals surface area (Å²) < 4.78 is 19.6. The standard InChI is InChI=1S/C16H19FN2O2/c1-12-9-14(17)4-3-13(12)10-18-15-5-6-16(20)19(11-15)7-8-21-2/h3-6,9,11,18H,7-8,10H2,1-2H3. The van der Waals surface area contributed by atoms with Crippen molar-refractivity contribution < 1.29 is 9.13 Å². The lowest BCUT2D eigenvalue weighted by molar-refractivity contribution is 0.186. The van der Waals surface area contributed by atoms with Gasteiger partial charge in [0, 0.05) is 32.5 Å². The highest BCUT2D eigenvalue weighted by Crippen LogP contribution is 2.12. The van der Waals surface area contributed by atoms with Crippen molar-refractivity contribution in [2.75, 3.05) is 19.0 Å². The maximum atomic E-state index is 13.1. The molecule has 0 saturated carbocycles. The van der Waals surface area contributed by atoms with Crippen LogP contribution in [0.25, 0.3) is 0 Å². The van der Waals surface area contributed by atoms with Crippen LogP contribution in [-0.4, -0.2) is 18.3 Å². The van der Waals surface area contributed by atoms with Crippen molar-refractivity contribution in [3.8, 4) is 0 Å². The van der Waals surface area contributed by atoms with Crippen molar-refractivity contribution in [1.29, 1.82) is 0 Å². The monoisotopic (exact) mass is 290 g/mol. The molecular formula is C16H19FN2O2. The average Bonchev–Trinajstić information content (AvgIpc) is 2.46. The summed E-state index contributed by atoms with van der Waals surface area (Å²) >= 11 is 0. The molecule has 0 bridgehead atoms. The molecule has 4 nitrogen and oxygen atoms in total. The Balaban J connectivity index is 2.07. The third kappa shape index (κ3) is 4.16. The van der Waals surface area contributed by atoms with Gasteiger partial charge in [0.05, 0.1) is 12.3 Å². The fourth-order valence-electron chi connectivity index (χ4n) is 2.06. The number of aromatic nitrogens is 1. The first-order valence-electron chi connectivity index (χ1n) is 6.78. The van der Waals surface area contributed by atoms with Crippen molar-refractivity contribution in [3.63, 3.8) is 0 Å². The molecule has 0 unspecified atom stereocenters. The summed E-state index contributed by atoms with van der Waals surface area (Å²) in [6.07, 6.45) is 1.76. The number of rotatable bonds is 6. The van der Waals surface area contributed by atoms with E-state index in [9.17, 15) is 9.18 Å². The molecule has 0 saturated heterocycles. The van der Waals surface area contributed by atoms with Crippen LogP contribution in [0.3, 0.4) is 0 Å². The molecule has 0 aliphatic carbocycles. The van der Waals surface area contributed by atoms with Crippen molar-refractivity contribution in [2.24, 2.45) is 0 Å². The number of benzene rings is 1. The molecular weight excluding hydrogens is 271 g/mol. The van der Waals surface area contributed by atoms with E-state index < -0.39 is 0 Å². The number of aryl methyl sites for hydroxylation is 1. The zero-order chi connectivity index (χ0) is 15.2. The first-order valence-corrected chi connectivity index (χ1v) is 6.78. The first-order chi connectivity index (χ1) is 10.1. The summed E-state index contributed by atoms with van der Waals surface area (Å²) in [7, 11) is 1.60. The summed E-state index contributed by atoms with van der Waals surface area (Å²) in [6, 6.07) is 7.98. The minimum Gasteiger partial charge on any atom is -0.383 e. The lowest BCUT2D eigenvalue weighted by atomic mass is 10.1. The number of ether oxygens (including phenoxy) is 1. The Morgan fingerprint density at radius 2 is 2.10 bits per heavy atom. The van der Waals surface area contributed by atoms with E-state index in [1.165, 1.54) is 18.2 Å². The molecule has 112 valence electrons. The van der Waals surface area contributed by atoms with Crippen LogP contribution in [0.1, 0.15) is 11.1 Å². The summed E-state index contributed by atoms with van der Waals surface area (Å²) in [4.78, 5) is 11.7. The van der Waals surface area contributed by atoms with E-state index in [0.29, 0.717) is 19.7 Å². The Morgan fingerprint density at radius 1 is 1.29 bits per heavy atom. The van der Waals surface area contributed by atoms with Gasteiger partial charge in [-0.05, 0) is 36.2 Å². The van der Waals surface area contributed by atoms with E-state index in [4.69, 9.17) is 4.74 Å². The molecule has 1 N–H and O–H groups in total. The van der Waals surface area contributed by atoms with E-state index in [-0.39, 0.29) is 11.4 Å². The van der Waals surface area contributed by atoms with Crippen LogP contribution in [-0.2, 0) is 17.8 Å². The fraction of sp³-hybridized carbons (Fsp3) is 0.312. The van der Waals surface area contributed by atoms with Crippen molar-refractivity contribution in [2.45, 2.75) is 20.0 Å². The Kier molecular flexibility index (Phi) is 5.11. The van der Waals surface area contributed by atoms with Gasteiger partial charge in [-0.2, -0.15) is 0 Å². The second kappa shape index (κ2) is 7.04. The third-order valence-corrected chi connectivity index (χ3v) is 3.31. The second-order valence-electron chi connectivity index (χ2n) is 4.87. The van der Waals surface area contributed by atoms with Crippen LogP contribution in [0.2, 0.25) is 0 Å². The minimum absolute atomic E-state index is 0.0597. The van der Waals surface area contributed by atoms with Crippen molar-refractivity contribution in [1.82, 2.24) is 4.57 Å². The molecule has 0 spiro atoms. The Hall–Kier alpha value is -2.14. The van der Waals surface area contributed by atoms with E-state index in [2.05, 4.69) is 5.32 Å². The van der Waals surface area contributed by atoms with Gasteiger partial charge in [-0.25, -0.2) is 4.39 Å². The highest BCUT2D eigenvalue weighted by molar-refractivity contribution is 5.42. The lowest BCUT2D eigenvalue weighted by Crippen LogP contribution is -2.21. The number of nitrogens with zero attached hydrogens (tertiary/aromatic N) is 1. The van der Waals surface area contributed by atoms with Gasteiger partial charge >= 0.3 is 0 Å².